The Labute approximate surface area is 464 Å². The second-order valence-corrected chi connectivity index (χ2v) is 24.4. The zero-order valence-electron chi connectivity index (χ0n) is 46.1. The van der Waals surface area contributed by atoms with E-state index >= 15 is 9.59 Å². The Morgan fingerprint density at radius 2 is 1.61 bits per heavy atom. The number of benzene rings is 4. The van der Waals surface area contributed by atoms with Crippen molar-refractivity contribution >= 4 is 22.9 Å². The molecule has 8 aliphatic rings. The molecule has 416 valence electrons. The van der Waals surface area contributed by atoms with Gasteiger partial charge in [-0.15, -0.1) is 0 Å². The summed E-state index contributed by atoms with van der Waals surface area (Å²) in [4.78, 5) is 45.4. The van der Waals surface area contributed by atoms with Crippen LogP contribution >= 0.6 is 0 Å². The zero-order valence-corrected chi connectivity index (χ0v) is 46.1. The van der Waals surface area contributed by atoms with Crippen LogP contribution in [0, 0.1) is 23.7 Å². The van der Waals surface area contributed by atoms with E-state index < -0.39 is 47.9 Å². The van der Waals surface area contributed by atoms with Crippen LogP contribution in [-0.2, 0) is 48.7 Å². The van der Waals surface area contributed by atoms with Crippen molar-refractivity contribution in [2.75, 3.05) is 26.9 Å². The number of esters is 2. The lowest BCUT2D eigenvalue weighted by atomic mass is 9.54. The normalized spacial score (nSPS) is 30.6. The third-order valence-corrected chi connectivity index (χ3v) is 20.4. The smallest absolute Gasteiger partial charge is 0.340 e. The van der Waals surface area contributed by atoms with E-state index in [4.69, 9.17) is 23.4 Å². The van der Waals surface area contributed by atoms with Crippen LogP contribution in [0.1, 0.15) is 184 Å². The molecule has 13 rings (SSSR count). The van der Waals surface area contributed by atoms with Gasteiger partial charge in [0.25, 0.3) is 0 Å². The molecule has 1 aromatic heterocycles. The van der Waals surface area contributed by atoms with Gasteiger partial charge in [-0.2, -0.15) is 0 Å². The maximum atomic E-state index is 15.7. The van der Waals surface area contributed by atoms with Gasteiger partial charge >= 0.3 is 17.6 Å². The number of carbonyl (C=O) groups is 2. The number of aliphatic hydroxyl groups excluding tert-OH is 3. The highest BCUT2D eigenvalue weighted by Gasteiger charge is 2.62. The molecule has 5 aromatic rings. The quantitative estimate of drug-likeness (QED) is 0.0557. The van der Waals surface area contributed by atoms with Crippen molar-refractivity contribution < 1.29 is 48.3 Å². The number of methoxy groups -OCH3 is 1. The van der Waals surface area contributed by atoms with Crippen LogP contribution in [0.4, 0.5) is 0 Å². The van der Waals surface area contributed by atoms with Crippen LogP contribution in [0.15, 0.2) is 117 Å². The molecular formula is C68H78O11. The van der Waals surface area contributed by atoms with Crippen LogP contribution in [0.5, 0.6) is 5.75 Å². The van der Waals surface area contributed by atoms with Gasteiger partial charge in [0, 0.05) is 65.7 Å². The number of allylic oxidation sites excluding steroid dienone is 2. The van der Waals surface area contributed by atoms with Gasteiger partial charge in [-0.3, -0.25) is 4.79 Å². The fourth-order valence-electron chi connectivity index (χ4n) is 16.6. The second-order valence-electron chi connectivity index (χ2n) is 24.4. The van der Waals surface area contributed by atoms with Gasteiger partial charge in [-0.05, 0) is 158 Å². The molecule has 0 saturated heterocycles. The van der Waals surface area contributed by atoms with Gasteiger partial charge in [-0.25, -0.2) is 9.59 Å². The number of rotatable bonds is 9. The van der Waals surface area contributed by atoms with Crippen molar-refractivity contribution in [2.24, 2.45) is 23.7 Å². The number of hydrogen-bond acceptors (Lipinski definition) is 11. The van der Waals surface area contributed by atoms with E-state index in [2.05, 4.69) is 84.9 Å². The Hall–Kier alpha value is -5.85. The first-order valence-corrected chi connectivity index (χ1v) is 29.8. The first kappa shape index (κ1) is 53.8. The highest BCUT2D eigenvalue weighted by atomic mass is 16.6. The van der Waals surface area contributed by atoms with Gasteiger partial charge in [-0.1, -0.05) is 117 Å². The molecule has 4 aromatic carbocycles. The topological polar surface area (TPSA) is 162 Å². The van der Waals surface area contributed by atoms with E-state index in [9.17, 15) is 20.1 Å². The molecule has 0 amide bonds. The van der Waals surface area contributed by atoms with E-state index in [0.717, 1.165) is 62.5 Å². The maximum absolute atomic E-state index is 15.7. The summed E-state index contributed by atoms with van der Waals surface area (Å²) in [6, 6.07) is 30.6. The summed E-state index contributed by atoms with van der Waals surface area (Å²) in [6.45, 7) is 0.764. The van der Waals surface area contributed by atoms with Crippen molar-refractivity contribution in [3.05, 3.63) is 169 Å². The standard InChI is InChI=1S/C68H78O11/c1-41(38-70)52-27-21-42-19-22-43(23-20-42)53-28-25-47(46-13-9-16-51(36-46)67-32-8-7-15-50(67)26-24-45-12-3-5-17-56(45)67)35-49(53)37-59(72)76-63-61-58(79-68(64(63)78-65(52)73)33-10-14-44-11-4-6-18-57(44)68)30-29-54-55(39-71)60(66(74)77-62(54)61)48(31-34-69)40-75-2/h3,5,9,12-13,16-17,19-20,22-23,25,28-30,36,44,47-50,53,57,63-64,69-71H,4,6-8,10-11,14-15,18,21,24,26-27,31-35,37-40H2,1-2H3/b52-41-/t44-,47-,48+,49-,50+,53-,57-,63+,64-,67+,68-/m0/s1. The summed E-state index contributed by atoms with van der Waals surface area (Å²) in [5.41, 5.74) is 7.57. The zero-order chi connectivity index (χ0) is 54.4. The third-order valence-electron chi connectivity index (χ3n) is 20.4. The minimum Gasteiger partial charge on any atom is -0.482 e. The molecule has 4 heterocycles. The SMILES string of the molecule is COC[C@@H](CCO)c1c(CO)c2ccc3c(c2oc1=O)[C@H]1OC(=O)C[C@@H]2C[C@@H](c4cccc([C@@]56CCCC[C@@H]5CCc5ccccc56)c4)C=C[C@H]2c2ccc(cc2)CC/C(=C(\C)CO)C(=O)O[C@@H]1[C@@]1(CCC[C@@H]2CCCC[C@@H]21)O3. The average molecular weight is 1070 g/mol. The van der Waals surface area contributed by atoms with Gasteiger partial charge in [0.05, 0.1) is 25.4 Å². The van der Waals surface area contributed by atoms with Gasteiger partial charge < -0.3 is 38.7 Å². The Kier molecular flexibility index (Phi) is 15.4. The Morgan fingerprint density at radius 1 is 0.785 bits per heavy atom. The highest BCUT2D eigenvalue weighted by Crippen LogP contribution is 2.59. The van der Waals surface area contributed by atoms with E-state index in [0.29, 0.717) is 59.4 Å². The van der Waals surface area contributed by atoms with Crippen LogP contribution in [0.2, 0.25) is 0 Å². The Morgan fingerprint density at radius 3 is 2.43 bits per heavy atom. The molecule has 3 aliphatic heterocycles. The minimum atomic E-state index is -1.29. The molecule has 2 bridgehead atoms. The molecule has 11 heteroatoms. The van der Waals surface area contributed by atoms with Crippen LogP contribution in [0.3, 0.4) is 0 Å². The molecule has 3 saturated carbocycles. The molecule has 0 unspecified atom stereocenters. The van der Waals surface area contributed by atoms with E-state index in [-0.39, 0.29) is 84.4 Å². The number of aryl methyl sites for hydroxylation is 2. The first-order valence-electron chi connectivity index (χ1n) is 29.8. The molecule has 1 spiro atoms. The molecular weight excluding hydrogens is 993 g/mol. The number of ether oxygens (including phenoxy) is 4. The molecule has 11 atom stereocenters. The predicted octanol–water partition coefficient (Wildman–Crippen LogP) is 12.2. The average Bonchev–Trinajstić information content (AvgIpc) is 3.51. The fraction of sp³-hybridized carbons (Fsp3) is 0.515. The molecule has 11 nitrogen and oxygen atoms in total. The summed E-state index contributed by atoms with van der Waals surface area (Å²) < 4.78 is 33.4. The maximum Gasteiger partial charge on any atom is 0.340 e. The predicted molar refractivity (Wildman–Crippen MR) is 302 cm³/mol. The van der Waals surface area contributed by atoms with Crippen LogP contribution < -0.4 is 10.4 Å². The second kappa shape index (κ2) is 22.6. The Balaban J connectivity index is 0.993. The summed E-state index contributed by atoms with van der Waals surface area (Å²) in [5.74, 6) is -0.744. The highest BCUT2D eigenvalue weighted by molar-refractivity contribution is 5.90. The fourth-order valence-corrected chi connectivity index (χ4v) is 16.6. The van der Waals surface area contributed by atoms with Crippen molar-refractivity contribution in [1.29, 1.82) is 0 Å². The summed E-state index contributed by atoms with van der Waals surface area (Å²) in [5, 5.41) is 32.4. The van der Waals surface area contributed by atoms with E-state index in [1.165, 1.54) is 55.0 Å². The van der Waals surface area contributed by atoms with Crippen LogP contribution in [0.25, 0.3) is 11.0 Å². The van der Waals surface area contributed by atoms with E-state index in [1.54, 1.807) is 13.0 Å². The number of carbonyl (C=O) groups excluding carboxylic acids is 2. The van der Waals surface area contributed by atoms with E-state index in [1.807, 2.05) is 6.07 Å². The number of fused-ring (bicyclic) bond motifs is 16. The van der Waals surface area contributed by atoms with Crippen molar-refractivity contribution in [2.45, 2.75) is 170 Å². The van der Waals surface area contributed by atoms with Crippen molar-refractivity contribution in [3.63, 3.8) is 0 Å². The lowest BCUT2D eigenvalue weighted by Gasteiger charge is -2.56. The minimum absolute atomic E-state index is 0.0273. The summed E-state index contributed by atoms with van der Waals surface area (Å²) in [6.07, 6.45) is 17.3. The van der Waals surface area contributed by atoms with Gasteiger partial charge in [0.1, 0.15) is 11.3 Å². The van der Waals surface area contributed by atoms with Gasteiger partial charge in [0.2, 0.25) is 0 Å². The lowest BCUT2D eigenvalue weighted by Crippen LogP contribution is -2.63. The van der Waals surface area contributed by atoms with Gasteiger partial charge in [0.15, 0.2) is 17.8 Å². The molecule has 3 N–H and O–H groups in total. The number of aliphatic hydroxyl groups is 3. The summed E-state index contributed by atoms with van der Waals surface area (Å²) >= 11 is 0. The molecule has 3 fully saturated rings. The van der Waals surface area contributed by atoms with Crippen molar-refractivity contribution in [1.82, 2.24) is 0 Å². The lowest BCUT2D eigenvalue weighted by molar-refractivity contribution is -0.216. The molecule has 0 radical (unpaired) electrons. The Bertz CT molecular complexity index is 3200. The van der Waals surface area contributed by atoms with Crippen molar-refractivity contribution in [3.8, 4) is 5.75 Å². The molecule has 79 heavy (non-hydrogen) atoms. The molecule has 5 aliphatic carbocycles. The number of hydrogen-bond donors (Lipinski definition) is 3. The monoisotopic (exact) mass is 1070 g/mol. The first-order chi connectivity index (χ1) is 38.6. The van der Waals surface area contributed by atoms with Crippen LogP contribution in [-0.4, -0.2) is 65.9 Å². The third kappa shape index (κ3) is 9.62. The largest absolute Gasteiger partial charge is 0.482 e. The summed E-state index contributed by atoms with van der Waals surface area (Å²) in [7, 11) is 1.52.